The second-order valence-electron chi connectivity index (χ2n) is 4.65. The van der Waals surface area contributed by atoms with Crippen LogP contribution in [0.25, 0.3) is 0 Å². The summed E-state index contributed by atoms with van der Waals surface area (Å²) in [5.74, 6) is 0.131. The molecule has 2 heterocycles. The molecule has 0 fully saturated rings. The third-order valence-corrected chi connectivity index (χ3v) is 5.08. The summed E-state index contributed by atoms with van der Waals surface area (Å²) >= 11 is 5.93. The van der Waals surface area contributed by atoms with Crippen LogP contribution in [-0.2, 0) is 14.7 Å². The highest BCUT2D eigenvalue weighted by atomic mass is 35.5. The van der Waals surface area contributed by atoms with Crippen molar-refractivity contribution < 1.29 is 22.5 Å². The highest BCUT2D eigenvalue weighted by Gasteiger charge is 2.41. The van der Waals surface area contributed by atoms with Gasteiger partial charge in [-0.05, 0) is 19.0 Å². The predicted octanol–water partition coefficient (Wildman–Crippen LogP) is 1.85. The fourth-order valence-corrected chi connectivity index (χ4v) is 3.26. The molecule has 0 aliphatic carbocycles. The maximum Gasteiger partial charge on any atom is 0.254 e. The van der Waals surface area contributed by atoms with E-state index in [2.05, 4.69) is 10.3 Å². The molecule has 0 amide bonds. The van der Waals surface area contributed by atoms with Gasteiger partial charge < -0.3 is 14.1 Å². The molecule has 1 aromatic rings. The summed E-state index contributed by atoms with van der Waals surface area (Å²) in [6.45, 7) is 3.47. The number of halogens is 1. The normalized spacial score (nSPS) is 19.7. The summed E-state index contributed by atoms with van der Waals surface area (Å²) in [4.78, 5) is 5.03. The lowest BCUT2D eigenvalue weighted by molar-refractivity contribution is 0.0123. The van der Waals surface area contributed by atoms with E-state index in [1.807, 2.05) is 0 Å². The van der Waals surface area contributed by atoms with E-state index in [1.54, 1.807) is 13.8 Å². The van der Waals surface area contributed by atoms with Crippen molar-refractivity contribution in [2.24, 2.45) is 5.16 Å². The van der Waals surface area contributed by atoms with Gasteiger partial charge in [-0.3, -0.25) is 0 Å². The third-order valence-electron chi connectivity index (χ3n) is 2.51. The van der Waals surface area contributed by atoms with E-state index in [-0.39, 0.29) is 23.1 Å². The van der Waals surface area contributed by atoms with Crippen molar-refractivity contribution in [3.63, 3.8) is 0 Å². The van der Waals surface area contributed by atoms with Crippen LogP contribution in [0, 0.1) is 0 Å². The molecule has 1 unspecified atom stereocenters. The smallest absolute Gasteiger partial charge is 0.254 e. The number of nitrogens with zero attached hydrogens (tertiary/aromatic N) is 2. The van der Waals surface area contributed by atoms with Crippen molar-refractivity contribution in [2.75, 3.05) is 7.11 Å². The van der Waals surface area contributed by atoms with Gasteiger partial charge in [-0.2, -0.15) is 0 Å². The Morgan fingerprint density at radius 3 is 2.68 bits per heavy atom. The second-order valence-corrected chi connectivity index (χ2v) is 7.37. The van der Waals surface area contributed by atoms with Crippen LogP contribution in [-0.4, -0.2) is 31.3 Å². The molecule has 1 atom stereocenters. The first-order valence-electron chi connectivity index (χ1n) is 5.40. The monoisotopic (exact) mass is 308 g/mol. The second kappa shape index (κ2) is 4.68. The minimum atomic E-state index is -3.86. The first kappa shape index (κ1) is 14.1. The Hall–Kier alpha value is -1.28. The lowest BCUT2D eigenvalue weighted by atomic mass is 10.1. The van der Waals surface area contributed by atoms with Crippen LogP contribution in [0.1, 0.15) is 30.7 Å². The van der Waals surface area contributed by atoms with Crippen LogP contribution >= 0.6 is 11.6 Å². The van der Waals surface area contributed by atoms with Gasteiger partial charge in [0.2, 0.25) is 14.5 Å². The van der Waals surface area contributed by atoms with Crippen LogP contribution in [0.5, 0.6) is 5.88 Å². The van der Waals surface area contributed by atoms with Gasteiger partial charge in [-0.1, -0.05) is 16.8 Å². The molecule has 0 radical (unpaired) electrons. The summed E-state index contributed by atoms with van der Waals surface area (Å²) in [5.41, 5.74) is -0.655. The Morgan fingerprint density at radius 2 is 2.21 bits per heavy atom. The van der Waals surface area contributed by atoms with E-state index >= 15 is 0 Å². The molecule has 19 heavy (non-hydrogen) atoms. The number of alkyl halides is 1. The first-order valence-corrected chi connectivity index (χ1v) is 7.38. The van der Waals surface area contributed by atoms with Crippen LogP contribution in [0.4, 0.5) is 0 Å². The van der Waals surface area contributed by atoms with E-state index < -0.39 is 20.1 Å². The van der Waals surface area contributed by atoms with Crippen molar-refractivity contribution in [2.45, 2.75) is 30.6 Å². The summed E-state index contributed by atoms with van der Waals surface area (Å²) in [5, 5.41) is 6.99. The fourth-order valence-electron chi connectivity index (χ4n) is 1.50. The van der Waals surface area contributed by atoms with Crippen LogP contribution < -0.4 is 4.74 Å². The molecular formula is C10H13ClN2O5S. The van der Waals surface area contributed by atoms with Crippen molar-refractivity contribution in [3.05, 3.63) is 11.8 Å². The summed E-state index contributed by atoms with van der Waals surface area (Å²) < 4.78 is 32.7. The zero-order chi connectivity index (χ0) is 14.3. The Bertz CT molecular complexity index is 607. The number of rotatable bonds is 3. The number of methoxy groups -OCH3 is 1. The molecule has 1 aliphatic heterocycles. The molecule has 106 valence electrons. The summed E-state index contributed by atoms with van der Waals surface area (Å²) in [7, 11) is -2.47. The van der Waals surface area contributed by atoms with Crippen molar-refractivity contribution in [1.29, 1.82) is 0 Å². The van der Waals surface area contributed by atoms with E-state index in [0.29, 0.717) is 0 Å². The highest BCUT2D eigenvalue weighted by molar-refractivity contribution is 8.07. The van der Waals surface area contributed by atoms with Crippen LogP contribution in [0.2, 0.25) is 0 Å². The average Bonchev–Trinajstić information content (AvgIpc) is 2.94. The zero-order valence-electron chi connectivity index (χ0n) is 10.6. The Labute approximate surface area is 115 Å². The molecule has 0 aromatic carbocycles. The Morgan fingerprint density at radius 1 is 1.53 bits per heavy atom. The van der Waals surface area contributed by atoms with Gasteiger partial charge in [0.15, 0.2) is 10.8 Å². The Balaban J connectivity index is 2.25. The van der Waals surface area contributed by atoms with Crippen molar-refractivity contribution in [3.8, 4) is 5.88 Å². The summed E-state index contributed by atoms with van der Waals surface area (Å²) in [6.07, 6.45) is 0.157. The van der Waals surface area contributed by atoms with Gasteiger partial charge in [-0.25, -0.2) is 8.42 Å². The predicted molar refractivity (Wildman–Crippen MR) is 67.8 cm³/mol. The number of oxime groups is 1. The zero-order valence-corrected chi connectivity index (χ0v) is 12.2. The van der Waals surface area contributed by atoms with E-state index in [9.17, 15) is 8.42 Å². The molecule has 0 saturated heterocycles. The maximum absolute atomic E-state index is 12.2. The lowest BCUT2D eigenvalue weighted by Crippen LogP contribution is -2.24. The number of ether oxygens (including phenoxy) is 1. The molecule has 0 N–H and O–H groups in total. The highest BCUT2D eigenvalue weighted by Crippen LogP contribution is 2.35. The molecule has 7 nitrogen and oxygen atoms in total. The first-order chi connectivity index (χ1) is 8.76. The van der Waals surface area contributed by atoms with Gasteiger partial charge in [0.05, 0.1) is 7.11 Å². The third kappa shape index (κ3) is 2.69. The largest absolute Gasteiger partial charge is 0.479 e. The molecule has 9 heteroatoms. The topological polar surface area (TPSA) is 91.0 Å². The van der Waals surface area contributed by atoms with E-state index in [1.165, 1.54) is 13.2 Å². The van der Waals surface area contributed by atoms with Gasteiger partial charge in [0.25, 0.3) is 5.88 Å². The Kier molecular flexibility index (Phi) is 3.48. The van der Waals surface area contributed by atoms with Gasteiger partial charge in [-0.15, -0.1) is 0 Å². The number of sulfone groups is 1. The number of hydrogen-bond acceptors (Lipinski definition) is 7. The molecule has 1 aliphatic rings. The minimum Gasteiger partial charge on any atom is -0.479 e. The van der Waals surface area contributed by atoms with Gasteiger partial charge >= 0.3 is 0 Å². The SMILES string of the molecule is COc1cc(C(Cl)S(=O)(=O)C2=NOC(C)(C)C2)on1. The standard InChI is InChI=1S/C10H13ClN2O5S/c1-10(2)5-8(13-18-10)19(14,15)9(11)6-4-7(16-3)12-17-6/h4,9H,5H2,1-3H3. The lowest BCUT2D eigenvalue weighted by Gasteiger charge is -2.13. The van der Waals surface area contributed by atoms with E-state index in [4.69, 9.17) is 25.7 Å². The minimum absolute atomic E-state index is 0.0223. The van der Waals surface area contributed by atoms with Crippen LogP contribution in [0.3, 0.4) is 0 Å². The maximum atomic E-state index is 12.2. The van der Waals surface area contributed by atoms with Crippen molar-refractivity contribution in [1.82, 2.24) is 5.16 Å². The van der Waals surface area contributed by atoms with Gasteiger partial charge in [0.1, 0.15) is 5.60 Å². The van der Waals surface area contributed by atoms with Gasteiger partial charge in [0, 0.05) is 12.5 Å². The van der Waals surface area contributed by atoms with Crippen molar-refractivity contribution >= 4 is 26.5 Å². The molecule has 2 rings (SSSR count). The van der Waals surface area contributed by atoms with E-state index in [0.717, 1.165) is 0 Å². The number of hydrogen-bond donors (Lipinski definition) is 0. The molecule has 0 saturated carbocycles. The molecule has 0 spiro atoms. The number of aromatic nitrogens is 1. The molecule has 0 bridgehead atoms. The average molecular weight is 309 g/mol. The molecule has 1 aromatic heterocycles. The summed E-state index contributed by atoms with van der Waals surface area (Å²) in [6, 6.07) is 1.32. The fraction of sp³-hybridized carbons (Fsp3) is 0.600. The molecular weight excluding hydrogens is 296 g/mol. The van der Waals surface area contributed by atoms with Crippen LogP contribution in [0.15, 0.2) is 15.7 Å². The quantitative estimate of drug-likeness (QED) is 0.791.